The lowest BCUT2D eigenvalue weighted by molar-refractivity contribution is -0.148. The van der Waals surface area contributed by atoms with Crippen LogP contribution < -0.4 is 4.74 Å². The number of carbonyl (C=O) groups excluding carboxylic acids is 3. The van der Waals surface area contributed by atoms with Gasteiger partial charge in [-0.1, -0.05) is 29.8 Å². The molecule has 0 aliphatic carbocycles. The van der Waals surface area contributed by atoms with Gasteiger partial charge in [0.1, 0.15) is 25.0 Å². The van der Waals surface area contributed by atoms with Crippen molar-refractivity contribution in [2.45, 2.75) is 13.0 Å². The Balaban J connectivity index is 1.54. The van der Waals surface area contributed by atoms with Gasteiger partial charge in [0.25, 0.3) is 11.8 Å². The third-order valence-electron chi connectivity index (χ3n) is 3.95. The number of hydrogen-bond donors (Lipinski definition) is 0. The van der Waals surface area contributed by atoms with Crippen LogP contribution >= 0.6 is 11.6 Å². The fourth-order valence-corrected chi connectivity index (χ4v) is 2.82. The zero-order valence-corrected chi connectivity index (χ0v) is 14.7. The molecular weight excluding hydrogens is 358 g/mol. The highest BCUT2D eigenvalue weighted by Gasteiger charge is 2.41. The van der Waals surface area contributed by atoms with E-state index in [4.69, 9.17) is 21.1 Å². The summed E-state index contributed by atoms with van der Waals surface area (Å²) in [5.41, 5.74) is 0.586. The second kappa shape index (κ2) is 7.58. The molecule has 1 atom stereocenters. The molecular formula is C19H16ClNO5. The fourth-order valence-electron chi connectivity index (χ4n) is 2.64. The quantitative estimate of drug-likeness (QED) is 0.442. The summed E-state index contributed by atoms with van der Waals surface area (Å²) in [6.45, 7) is 1.57. The summed E-state index contributed by atoms with van der Waals surface area (Å²) in [6.07, 6.45) is 0. The summed E-state index contributed by atoms with van der Waals surface area (Å²) in [4.78, 5) is 37.8. The van der Waals surface area contributed by atoms with Crippen molar-refractivity contribution in [1.82, 2.24) is 4.90 Å². The molecule has 2 aromatic carbocycles. The summed E-state index contributed by atoms with van der Waals surface area (Å²) in [7, 11) is 0. The van der Waals surface area contributed by atoms with Gasteiger partial charge in [-0.3, -0.25) is 14.5 Å². The number of esters is 1. The molecule has 3 rings (SSSR count). The van der Waals surface area contributed by atoms with Crippen LogP contribution in [0, 0.1) is 0 Å². The van der Waals surface area contributed by atoms with E-state index in [9.17, 15) is 14.4 Å². The molecule has 7 heteroatoms. The first-order chi connectivity index (χ1) is 12.5. The topological polar surface area (TPSA) is 72.9 Å². The van der Waals surface area contributed by atoms with Crippen molar-refractivity contribution in [3.05, 3.63) is 64.7 Å². The lowest BCUT2D eigenvalue weighted by Gasteiger charge is -2.20. The number of rotatable bonds is 6. The molecule has 0 N–H and O–H groups in total. The molecule has 2 aromatic rings. The molecule has 0 saturated heterocycles. The van der Waals surface area contributed by atoms with Gasteiger partial charge in [0.05, 0.1) is 11.1 Å². The number of benzene rings is 2. The van der Waals surface area contributed by atoms with E-state index in [2.05, 4.69) is 0 Å². The number of imide groups is 1. The summed E-state index contributed by atoms with van der Waals surface area (Å²) in [6, 6.07) is 12.3. The largest absolute Gasteiger partial charge is 0.490 e. The number of fused-ring (bicyclic) bond motifs is 1. The maximum absolute atomic E-state index is 12.4. The molecule has 0 aromatic heterocycles. The monoisotopic (exact) mass is 373 g/mol. The lowest BCUT2D eigenvalue weighted by Crippen LogP contribution is -2.44. The van der Waals surface area contributed by atoms with Crippen LogP contribution in [0.4, 0.5) is 0 Å². The molecule has 134 valence electrons. The van der Waals surface area contributed by atoms with E-state index >= 15 is 0 Å². The molecule has 1 aliphatic rings. The van der Waals surface area contributed by atoms with Crippen molar-refractivity contribution in [2.75, 3.05) is 13.2 Å². The molecule has 0 spiro atoms. The highest BCUT2D eigenvalue weighted by molar-refractivity contribution is 6.30. The minimum absolute atomic E-state index is 0.0150. The van der Waals surface area contributed by atoms with Crippen LogP contribution in [0.1, 0.15) is 27.6 Å². The first kappa shape index (κ1) is 17.9. The number of amides is 2. The van der Waals surface area contributed by atoms with E-state index in [1.54, 1.807) is 48.5 Å². The molecule has 6 nitrogen and oxygen atoms in total. The molecule has 2 amide bonds. The molecule has 26 heavy (non-hydrogen) atoms. The molecule has 0 radical (unpaired) electrons. The standard InChI is InChI=1S/C19H16ClNO5/c1-12(21-17(22)15-7-2-3-8-16(15)18(21)23)19(24)26-10-9-25-14-6-4-5-13(20)11-14/h2-8,11-12H,9-10H2,1H3. The second-order valence-electron chi connectivity index (χ2n) is 5.68. The van der Waals surface area contributed by atoms with E-state index in [-0.39, 0.29) is 13.2 Å². The van der Waals surface area contributed by atoms with Crippen LogP contribution in [0.5, 0.6) is 5.75 Å². The first-order valence-corrected chi connectivity index (χ1v) is 8.39. The van der Waals surface area contributed by atoms with Crippen LogP contribution in [-0.4, -0.2) is 41.9 Å². The van der Waals surface area contributed by atoms with Gasteiger partial charge in [-0.05, 0) is 37.3 Å². The van der Waals surface area contributed by atoms with Crippen LogP contribution in [-0.2, 0) is 9.53 Å². The Labute approximate surface area is 155 Å². The number of ether oxygens (including phenoxy) is 2. The maximum atomic E-state index is 12.4. The molecule has 1 unspecified atom stereocenters. The Morgan fingerprint density at radius 3 is 2.31 bits per heavy atom. The van der Waals surface area contributed by atoms with Gasteiger partial charge < -0.3 is 9.47 Å². The summed E-state index contributed by atoms with van der Waals surface area (Å²) < 4.78 is 10.5. The van der Waals surface area contributed by atoms with E-state index in [0.717, 1.165) is 4.90 Å². The van der Waals surface area contributed by atoms with E-state index in [0.29, 0.717) is 21.9 Å². The first-order valence-electron chi connectivity index (χ1n) is 8.01. The Morgan fingerprint density at radius 1 is 1.04 bits per heavy atom. The van der Waals surface area contributed by atoms with Crippen LogP contribution in [0.3, 0.4) is 0 Å². The van der Waals surface area contributed by atoms with Crippen molar-refractivity contribution in [2.24, 2.45) is 0 Å². The predicted octanol–water partition coefficient (Wildman–Crippen LogP) is 2.95. The number of nitrogens with zero attached hydrogens (tertiary/aromatic N) is 1. The average Bonchev–Trinajstić information content (AvgIpc) is 2.89. The third kappa shape index (κ3) is 3.55. The lowest BCUT2D eigenvalue weighted by atomic mass is 10.1. The molecule has 1 aliphatic heterocycles. The summed E-state index contributed by atoms with van der Waals surface area (Å²) >= 11 is 5.85. The average molecular weight is 374 g/mol. The number of hydrogen-bond acceptors (Lipinski definition) is 5. The van der Waals surface area contributed by atoms with Crippen molar-refractivity contribution in [3.63, 3.8) is 0 Å². The van der Waals surface area contributed by atoms with Crippen molar-refractivity contribution in [3.8, 4) is 5.75 Å². The zero-order chi connectivity index (χ0) is 18.7. The Morgan fingerprint density at radius 2 is 1.69 bits per heavy atom. The fraction of sp³-hybridized carbons (Fsp3) is 0.211. The number of halogens is 1. The Bertz CT molecular complexity index is 832. The summed E-state index contributed by atoms with van der Waals surface area (Å²) in [5, 5.41) is 0.541. The second-order valence-corrected chi connectivity index (χ2v) is 6.11. The maximum Gasteiger partial charge on any atom is 0.329 e. The van der Waals surface area contributed by atoms with Gasteiger partial charge in [-0.25, -0.2) is 4.79 Å². The highest BCUT2D eigenvalue weighted by atomic mass is 35.5. The van der Waals surface area contributed by atoms with Crippen molar-refractivity contribution in [1.29, 1.82) is 0 Å². The Kier molecular flexibility index (Phi) is 5.23. The van der Waals surface area contributed by atoms with Crippen molar-refractivity contribution >= 4 is 29.4 Å². The third-order valence-corrected chi connectivity index (χ3v) is 4.18. The minimum Gasteiger partial charge on any atom is -0.490 e. The van der Waals surface area contributed by atoms with Crippen LogP contribution in [0.15, 0.2) is 48.5 Å². The number of carbonyl (C=O) groups is 3. The normalized spacial score (nSPS) is 14.2. The van der Waals surface area contributed by atoms with E-state index in [1.165, 1.54) is 6.92 Å². The van der Waals surface area contributed by atoms with Gasteiger partial charge in [0, 0.05) is 5.02 Å². The molecule has 0 bridgehead atoms. The Hall–Kier alpha value is -2.86. The smallest absolute Gasteiger partial charge is 0.329 e. The van der Waals surface area contributed by atoms with Crippen LogP contribution in [0.2, 0.25) is 5.02 Å². The minimum atomic E-state index is -1.02. The zero-order valence-electron chi connectivity index (χ0n) is 14.0. The highest BCUT2D eigenvalue weighted by Crippen LogP contribution is 2.24. The van der Waals surface area contributed by atoms with E-state index in [1.807, 2.05) is 0 Å². The molecule has 0 saturated carbocycles. The van der Waals surface area contributed by atoms with Crippen LogP contribution in [0.25, 0.3) is 0 Å². The summed E-state index contributed by atoms with van der Waals surface area (Å²) in [5.74, 6) is -1.10. The van der Waals surface area contributed by atoms with Crippen molar-refractivity contribution < 1.29 is 23.9 Å². The predicted molar refractivity (Wildman–Crippen MR) is 94.3 cm³/mol. The van der Waals surface area contributed by atoms with Gasteiger partial charge in [0.15, 0.2) is 0 Å². The van der Waals surface area contributed by atoms with E-state index < -0.39 is 23.8 Å². The van der Waals surface area contributed by atoms with Gasteiger partial charge in [-0.2, -0.15) is 0 Å². The van der Waals surface area contributed by atoms with Gasteiger partial charge in [-0.15, -0.1) is 0 Å². The molecule has 1 heterocycles. The van der Waals surface area contributed by atoms with Gasteiger partial charge >= 0.3 is 5.97 Å². The van der Waals surface area contributed by atoms with Gasteiger partial charge in [0.2, 0.25) is 0 Å². The molecule has 0 fully saturated rings. The SMILES string of the molecule is CC(C(=O)OCCOc1cccc(Cl)c1)N1C(=O)c2ccccc2C1=O.